The highest BCUT2D eigenvalue weighted by molar-refractivity contribution is 7.80. The molecule has 0 amide bonds. The maximum Gasteiger partial charge on any atom is 0.259 e. The van der Waals surface area contributed by atoms with Crippen molar-refractivity contribution in [2.24, 2.45) is 11.5 Å². The molecule has 8 heteroatoms. The van der Waals surface area contributed by atoms with Gasteiger partial charge in [-0.2, -0.15) is 0 Å². The average molecular weight is 419 g/mol. The molecule has 0 aliphatic heterocycles. The van der Waals surface area contributed by atoms with E-state index in [2.05, 4.69) is 17.0 Å². The quantitative estimate of drug-likeness (QED) is 0.299. The minimum absolute atomic E-state index is 0.0880. The summed E-state index contributed by atoms with van der Waals surface area (Å²) in [7, 11) is 1.43. The van der Waals surface area contributed by atoms with Crippen molar-refractivity contribution in [3.8, 4) is 5.75 Å². The van der Waals surface area contributed by atoms with Crippen LogP contribution in [0.1, 0.15) is 27.0 Å². The number of aliphatic hydroxyl groups is 1. The highest BCUT2D eigenvalue weighted by Gasteiger charge is 2.13. The van der Waals surface area contributed by atoms with Crippen molar-refractivity contribution in [2.45, 2.75) is 13.8 Å². The molecule has 0 bridgehead atoms. The SMILES string of the molecule is COC(N)=S.Cc1ccc(C(O)=CC(=O)c2cc(C)ccc2OC(N)=S)cc1. The number of hydrogen-bond donors (Lipinski definition) is 3. The summed E-state index contributed by atoms with van der Waals surface area (Å²) in [5.74, 6) is -0.239. The van der Waals surface area contributed by atoms with Gasteiger partial charge in [0, 0.05) is 11.6 Å². The fraction of sp³-hybridized carbons (Fsp3) is 0.150. The summed E-state index contributed by atoms with van der Waals surface area (Å²) in [6, 6.07) is 12.3. The molecule has 0 saturated heterocycles. The molecule has 0 heterocycles. The fourth-order valence-corrected chi connectivity index (χ4v) is 2.13. The van der Waals surface area contributed by atoms with Crippen LogP contribution >= 0.6 is 24.4 Å². The highest BCUT2D eigenvalue weighted by atomic mass is 32.1. The lowest BCUT2D eigenvalue weighted by Gasteiger charge is -2.09. The number of carbonyl (C=O) groups is 1. The van der Waals surface area contributed by atoms with Crippen LogP contribution in [0.3, 0.4) is 0 Å². The number of nitrogens with two attached hydrogens (primary N) is 2. The van der Waals surface area contributed by atoms with Gasteiger partial charge in [-0.05, 0) is 50.4 Å². The number of aliphatic hydroxyl groups excluding tert-OH is 1. The number of hydrogen-bond acceptors (Lipinski definition) is 6. The van der Waals surface area contributed by atoms with Gasteiger partial charge in [0.25, 0.3) is 10.3 Å². The first-order valence-electron chi connectivity index (χ1n) is 8.07. The van der Waals surface area contributed by atoms with Crippen LogP contribution in [0.4, 0.5) is 0 Å². The molecule has 2 aromatic rings. The first kappa shape index (κ1) is 23.1. The molecule has 0 aromatic heterocycles. The molecule has 2 aromatic carbocycles. The molecule has 0 aliphatic rings. The van der Waals surface area contributed by atoms with Crippen LogP contribution < -0.4 is 16.2 Å². The molecule has 148 valence electrons. The Morgan fingerprint density at radius 3 is 2.04 bits per heavy atom. The van der Waals surface area contributed by atoms with Crippen LogP contribution in [-0.2, 0) is 4.74 Å². The summed E-state index contributed by atoms with van der Waals surface area (Å²) in [4.78, 5) is 12.4. The molecule has 0 atom stereocenters. The van der Waals surface area contributed by atoms with Gasteiger partial charge in [-0.25, -0.2) is 0 Å². The summed E-state index contributed by atoms with van der Waals surface area (Å²) in [6.45, 7) is 3.80. The minimum Gasteiger partial charge on any atom is -0.507 e. The average Bonchev–Trinajstić information content (AvgIpc) is 2.63. The van der Waals surface area contributed by atoms with Crippen LogP contribution in [0.15, 0.2) is 48.5 Å². The van der Waals surface area contributed by atoms with E-state index in [1.807, 2.05) is 26.0 Å². The third kappa shape index (κ3) is 7.73. The van der Waals surface area contributed by atoms with Gasteiger partial charge in [0.1, 0.15) is 11.5 Å². The van der Waals surface area contributed by atoms with E-state index in [4.69, 9.17) is 28.4 Å². The van der Waals surface area contributed by atoms with Crippen LogP contribution in [-0.4, -0.2) is 28.3 Å². The van der Waals surface area contributed by atoms with E-state index in [1.54, 1.807) is 30.3 Å². The second kappa shape index (κ2) is 11.0. The molecule has 2 rings (SSSR count). The molecule has 0 unspecified atom stereocenters. The lowest BCUT2D eigenvalue weighted by atomic mass is 10.0. The number of carbonyl (C=O) groups excluding carboxylic acids is 1. The zero-order chi connectivity index (χ0) is 21.3. The zero-order valence-electron chi connectivity index (χ0n) is 15.8. The zero-order valence-corrected chi connectivity index (χ0v) is 17.4. The number of methoxy groups -OCH3 is 1. The molecule has 0 aliphatic carbocycles. The second-order valence-corrected chi connectivity index (χ2v) is 6.51. The number of ether oxygens (including phenoxy) is 2. The summed E-state index contributed by atoms with van der Waals surface area (Å²) < 4.78 is 9.46. The molecular weight excluding hydrogens is 396 g/mol. The third-order valence-corrected chi connectivity index (χ3v) is 3.68. The van der Waals surface area contributed by atoms with Crippen molar-refractivity contribution in [1.29, 1.82) is 0 Å². The first-order valence-corrected chi connectivity index (χ1v) is 8.89. The van der Waals surface area contributed by atoms with E-state index in [0.717, 1.165) is 17.2 Å². The number of benzene rings is 2. The summed E-state index contributed by atoms with van der Waals surface area (Å²) in [6.07, 6.45) is 1.16. The van der Waals surface area contributed by atoms with Gasteiger partial charge in [-0.1, -0.05) is 41.5 Å². The Hall–Kier alpha value is -2.97. The molecule has 0 saturated carbocycles. The fourth-order valence-electron chi connectivity index (χ4n) is 2.04. The maximum atomic E-state index is 12.4. The van der Waals surface area contributed by atoms with Gasteiger partial charge in [0.05, 0.1) is 12.7 Å². The lowest BCUT2D eigenvalue weighted by Crippen LogP contribution is -2.17. The van der Waals surface area contributed by atoms with Crippen LogP contribution in [0.5, 0.6) is 5.75 Å². The molecule has 6 nitrogen and oxygen atoms in total. The standard InChI is InChI=1S/C18H17NO3S.C2H5NOS/c1-11-3-6-13(7-4-11)15(20)10-16(21)14-9-12(2)5-8-17(14)22-18(19)23;1-4-2(3)5/h3-10,20H,1-2H3,(H2,19,23);1H3,(H2,3,5). The Morgan fingerprint density at radius 2 is 1.54 bits per heavy atom. The topological polar surface area (TPSA) is 108 Å². The number of aryl methyl sites for hydroxylation is 2. The smallest absolute Gasteiger partial charge is 0.259 e. The normalized spacial score (nSPS) is 10.3. The summed E-state index contributed by atoms with van der Waals surface area (Å²) >= 11 is 8.96. The van der Waals surface area contributed by atoms with E-state index >= 15 is 0 Å². The molecule has 28 heavy (non-hydrogen) atoms. The van der Waals surface area contributed by atoms with Crippen LogP contribution in [0.2, 0.25) is 0 Å². The molecule has 0 spiro atoms. The first-order chi connectivity index (χ1) is 13.1. The van der Waals surface area contributed by atoms with Crippen LogP contribution in [0, 0.1) is 13.8 Å². The van der Waals surface area contributed by atoms with Gasteiger partial charge in [-0.15, -0.1) is 0 Å². The lowest BCUT2D eigenvalue weighted by molar-refractivity contribution is 0.104. The van der Waals surface area contributed by atoms with E-state index < -0.39 is 5.78 Å². The largest absolute Gasteiger partial charge is 0.507 e. The molecular formula is C20H22N2O4S2. The third-order valence-electron chi connectivity index (χ3n) is 3.43. The summed E-state index contributed by atoms with van der Waals surface area (Å²) in [5.41, 5.74) is 13.0. The predicted octanol–water partition coefficient (Wildman–Crippen LogP) is 3.58. The van der Waals surface area contributed by atoms with E-state index in [0.29, 0.717) is 5.56 Å². The van der Waals surface area contributed by atoms with Crippen molar-refractivity contribution < 1.29 is 19.4 Å². The van der Waals surface area contributed by atoms with Crippen molar-refractivity contribution in [3.05, 3.63) is 70.8 Å². The van der Waals surface area contributed by atoms with Gasteiger partial charge < -0.3 is 26.0 Å². The minimum atomic E-state index is -0.391. The van der Waals surface area contributed by atoms with Crippen molar-refractivity contribution in [1.82, 2.24) is 0 Å². The van der Waals surface area contributed by atoms with Gasteiger partial charge in [-0.3, -0.25) is 4.79 Å². The highest BCUT2D eigenvalue weighted by Crippen LogP contribution is 2.23. The number of ketones is 1. The number of rotatable bonds is 4. The Bertz CT molecular complexity index is 894. The van der Waals surface area contributed by atoms with E-state index in [1.165, 1.54) is 7.11 Å². The Labute approximate surface area is 174 Å². The van der Waals surface area contributed by atoms with Crippen molar-refractivity contribution in [2.75, 3.05) is 7.11 Å². The van der Waals surface area contributed by atoms with Crippen LogP contribution in [0.25, 0.3) is 5.76 Å². The molecule has 0 fully saturated rings. The molecule has 5 N–H and O–H groups in total. The van der Waals surface area contributed by atoms with E-state index in [9.17, 15) is 9.90 Å². The van der Waals surface area contributed by atoms with Gasteiger partial charge in [0.2, 0.25) is 0 Å². The van der Waals surface area contributed by atoms with Gasteiger partial charge in [0.15, 0.2) is 5.78 Å². The predicted molar refractivity (Wildman–Crippen MR) is 119 cm³/mol. The molecule has 0 radical (unpaired) electrons. The summed E-state index contributed by atoms with van der Waals surface area (Å²) in [5, 5.41) is 10.1. The monoisotopic (exact) mass is 418 g/mol. The maximum absolute atomic E-state index is 12.4. The Morgan fingerprint density at radius 1 is 1.00 bits per heavy atom. The Balaban J connectivity index is 0.000000696. The number of thiocarbonyl (C=S) groups is 2. The van der Waals surface area contributed by atoms with Crippen molar-refractivity contribution in [3.63, 3.8) is 0 Å². The van der Waals surface area contributed by atoms with Crippen molar-refractivity contribution >= 4 is 46.3 Å². The second-order valence-electron chi connectivity index (χ2n) is 5.70. The van der Waals surface area contributed by atoms with Gasteiger partial charge >= 0.3 is 0 Å². The number of allylic oxidation sites excluding steroid dienone is 1. The Kier molecular flexibility index (Phi) is 9.07. The van der Waals surface area contributed by atoms with E-state index in [-0.39, 0.29) is 27.4 Å².